The van der Waals surface area contributed by atoms with Crippen LogP contribution in [0.4, 0.5) is 16.2 Å². The monoisotopic (exact) mass is 510 g/mol. The Hall–Kier alpha value is -2.94. The first-order valence-electron chi connectivity index (χ1n) is 13.7. The van der Waals surface area contributed by atoms with Crippen molar-refractivity contribution < 1.29 is 14.3 Å². The van der Waals surface area contributed by atoms with Crippen LogP contribution in [0.25, 0.3) is 11.1 Å². The molecule has 3 fully saturated rings. The zero-order valence-electron chi connectivity index (χ0n) is 22.8. The molecule has 1 aromatic carbocycles. The van der Waals surface area contributed by atoms with Gasteiger partial charge >= 0.3 is 6.09 Å². The minimum absolute atomic E-state index is 0.201. The number of nitrogens with two attached hydrogens (primary N) is 1. The van der Waals surface area contributed by atoms with Gasteiger partial charge in [-0.1, -0.05) is 0 Å². The second-order valence-electron chi connectivity index (χ2n) is 11.8. The SMILES string of the molecule is Cn1cc(-c2cc(N)c(OCC3CC3)cc2N2CCC(N3CCN(C(=O)OC(C)(C)C)CC3)CC2)cn1. The lowest BCUT2D eigenvalue weighted by Crippen LogP contribution is -2.55. The molecule has 0 unspecified atom stereocenters. The standard InChI is InChI=1S/C28H42N6O3/c1-28(2,3)37-27(35)34-13-11-32(12-14-34)22-7-9-33(10-8-22)25-16-26(36-19-20-5-6-20)24(29)15-23(25)21-17-30-31(4)18-21/h15-18,20,22H,5-14,19,29H2,1-4H3. The van der Waals surface area contributed by atoms with Gasteiger partial charge in [-0.05, 0) is 58.4 Å². The lowest BCUT2D eigenvalue weighted by atomic mass is 9.98. The maximum Gasteiger partial charge on any atom is 0.410 e. The minimum Gasteiger partial charge on any atom is -0.491 e. The fourth-order valence-corrected chi connectivity index (χ4v) is 5.32. The Kier molecular flexibility index (Phi) is 7.25. The number of benzene rings is 1. The maximum absolute atomic E-state index is 12.4. The van der Waals surface area contributed by atoms with Crippen LogP contribution in [-0.4, -0.2) is 83.2 Å². The molecule has 5 rings (SSSR count). The molecule has 3 heterocycles. The molecule has 0 spiro atoms. The van der Waals surface area contributed by atoms with Gasteiger partial charge in [-0.25, -0.2) is 4.79 Å². The third-order valence-corrected chi connectivity index (χ3v) is 7.60. The third-order valence-electron chi connectivity index (χ3n) is 7.60. The van der Waals surface area contributed by atoms with E-state index in [4.69, 9.17) is 15.2 Å². The summed E-state index contributed by atoms with van der Waals surface area (Å²) >= 11 is 0. The van der Waals surface area contributed by atoms with Crippen molar-refractivity contribution in [3.8, 4) is 16.9 Å². The summed E-state index contributed by atoms with van der Waals surface area (Å²) in [4.78, 5) is 19.3. The van der Waals surface area contributed by atoms with E-state index in [2.05, 4.69) is 27.0 Å². The topological polar surface area (TPSA) is 89.1 Å². The average Bonchev–Trinajstić information content (AvgIpc) is 3.60. The van der Waals surface area contributed by atoms with Gasteiger partial charge in [0.25, 0.3) is 0 Å². The predicted octanol–water partition coefficient (Wildman–Crippen LogP) is 3.98. The van der Waals surface area contributed by atoms with E-state index in [1.807, 2.05) is 49.8 Å². The highest BCUT2D eigenvalue weighted by molar-refractivity contribution is 5.83. The van der Waals surface area contributed by atoms with Gasteiger partial charge in [-0.2, -0.15) is 5.10 Å². The van der Waals surface area contributed by atoms with Crippen LogP contribution in [0.15, 0.2) is 24.5 Å². The van der Waals surface area contributed by atoms with E-state index in [1.165, 1.54) is 18.5 Å². The Morgan fingerprint density at radius 2 is 1.76 bits per heavy atom. The molecule has 0 radical (unpaired) electrons. The molecule has 0 atom stereocenters. The van der Waals surface area contributed by atoms with E-state index in [9.17, 15) is 4.79 Å². The molecule has 1 aromatic heterocycles. The molecular weight excluding hydrogens is 468 g/mol. The summed E-state index contributed by atoms with van der Waals surface area (Å²) in [7, 11) is 1.94. The molecule has 9 heteroatoms. The second-order valence-corrected chi connectivity index (χ2v) is 11.8. The third kappa shape index (κ3) is 6.32. The summed E-state index contributed by atoms with van der Waals surface area (Å²) in [6, 6.07) is 4.72. The van der Waals surface area contributed by atoms with Gasteiger partial charge < -0.3 is 25.0 Å². The van der Waals surface area contributed by atoms with Crippen LogP contribution < -0.4 is 15.4 Å². The molecule has 0 bridgehead atoms. The number of nitrogen functional groups attached to an aromatic ring is 1. The summed E-state index contributed by atoms with van der Waals surface area (Å²) in [5.41, 5.74) is 10.0. The minimum atomic E-state index is -0.458. The van der Waals surface area contributed by atoms with Gasteiger partial charge in [0.2, 0.25) is 0 Å². The van der Waals surface area contributed by atoms with Crippen molar-refractivity contribution in [1.29, 1.82) is 0 Å². The van der Waals surface area contributed by atoms with Crippen LogP contribution in [0.3, 0.4) is 0 Å². The summed E-state index contributed by atoms with van der Waals surface area (Å²) < 4.78 is 13.5. The number of rotatable bonds is 6. The molecule has 2 saturated heterocycles. The zero-order chi connectivity index (χ0) is 26.2. The molecule has 37 heavy (non-hydrogen) atoms. The number of piperazine rings is 1. The van der Waals surface area contributed by atoms with Crippen molar-refractivity contribution in [3.63, 3.8) is 0 Å². The molecule has 202 valence electrons. The van der Waals surface area contributed by atoms with Gasteiger partial charge in [0.05, 0.1) is 18.5 Å². The maximum atomic E-state index is 12.4. The highest BCUT2D eigenvalue weighted by Crippen LogP contribution is 2.40. The number of aromatic nitrogens is 2. The summed E-state index contributed by atoms with van der Waals surface area (Å²) in [6.45, 7) is 11.7. The number of carbonyl (C=O) groups is 1. The van der Waals surface area contributed by atoms with E-state index in [1.54, 1.807) is 0 Å². The number of carbonyl (C=O) groups excluding carboxylic acids is 1. The molecule has 1 saturated carbocycles. The zero-order valence-corrected chi connectivity index (χ0v) is 22.8. The quantitative estimate of drug-likeness (QED) is 0.588. The summed E-state index contributed by atoms with van der Waals surface area (Å²) in [6.07, 6.45) is 8.41. The Morgan fingerprint density at radius 3 is 2.35 bits per heavy atom. The molecule has 1 aliphatic carbocycles. The van der Waals surface area contributed by atoms with Crippen LogP contribution in [-0.2, 0) is 11.8 Å². The molecule has 3 aliphatic rings. The van der Waals surface area contributed by atoms with Gasteiger partial charge in [0.1, 0.15) is 11.4 Å². The number of ether oxygens (including phenoxy) is 2. The van der Waals surface area contributed by atoms with Crippen LogP contribution in [0.1, 0.15) is 46.5 Å². The number of hydrogen-bond donors (Lipinski definition) is 1. The Labute approximate surface area is 220 Å². The first-order valence-corrected chi connectivity index (χ1v) is 13.7. The number of aryl methyl sites for hydroxylation is 1. The Bertz CT molecular complexity index is 1090. The predicted molar refractivity (Wildman–Crippen MR) is 146 cm³/mol. The molecule has 2 aromatic rings. The van der Waals surface area contributed by atoms with Gasteiger partial charge in [-0.15, -0.1) is 0 Å². The molecule has 1 amide bonds. The smallest absolute Gasteiger partial charge is 0.410 e. The largest absolute Gasteiger partial charge is 0.491 e. The van der Waals surface area contributed by atoms with Crippen molar-refractivity contribution in [2.75, 3.05) is 56.5 Å². The van der Waals surface area contributed by atoms with Gasteiger partial charge in [0.15, 0.2) is 0 Å². The number of hydrogen-bond acceptors (Lipinski definition) is 7. The van der Waals surface area contributed by atoms with E-state index in [0.717, 1.165) is 75.6 Å². The van der Waals surface area contributed by atoms with Crippen LogP contribution >= 0.6 is 0 Å². The van der Waals surface area contributed by atoms with Crippen molar-refractivity contribution >= 4 is 17.5 Å². The average molecular weight is 511 g/mol. The van der Waals surface area contributed by atoms with E-state index >= 15 is 0 Å². The van der Waals surface area contributed by atoms with Crippen molar-refractivity contribution in [1.82, 2.24) is 19.6 Å². The Morgan fingerprint density at radius 1 is 1.05 bits per heavy atom. The number of amides is 1. The van der Waals surface area contributed by atoms with E-state index < -0.39 is 5.60 Å². The van der Waals surface area contributed by atoms with Crippen molar-refractivity contribution in [2.24, 2.45) is 13.0 Å². The van der Waals surface area contributed by atoms with Crippen LogP contribution in [0, 0.1) is 5.92 Å². The van der Waals surface area contributed by atoms with Crippen molar-refractivity contribution in [3.05, 3.63) is 24.5 Å². The highest BCUT2D eigenvalue weighted by atomic mass is 16.6. The highest BCUT2D eigenvalue weighted by Gasteiger charge is 2.31. The molecule has 9 nitrogen and oxygen atoms in total. The molecular formula is C28H42N6O3. The van der Waals surface area contributed by atoms with E-state index in [0.29, 0.717) is 17.6 Å². The van der Waals surface area contributed by atoms with Crippen molar-refractivity contribution in [2.45, 2.75) is 58.1 Å². The van der Waals surface area contributed by atoms with E-state index in [-0.39, 0.29) is 6.09 Å². The second kappa shape index (κ2) is 10.4. The van der Waals surface area contributed by atoms with Crippen LogP contribution in [0.2, 0.25) is 0 Å². The first-order chi connectivity index (χ1) is 17.7. The number of piperidine rings is 1. The fraction of sp³-hybridized carbons (Fsp3) is 0.643. The molecule has 2 aliphatic heterocycles. The number of anilines is 2. The fourth-order valence-electron chi connectivity index (χ4n) is 5.32. The first kappa shape index (κ1) is 25.7. The number of nitrogens with zero attached hydrogens (tertiary/aromatic N) is 5. The lowest BCUT2D eigenvalue weighted by molar-refractivity contribution is 0.00902. The normalized spacial score (nSPS) is 19.8. The van der Waals surface area contributed by atoms with Crippen LogP contribution in [0.5, 0.6) is 5.75 Å². The molecule has 2 N–H and O–H groups in total. The lowest BCUT2D eigenvalue weighted by Gasteiger charge is -2.43. The summed E-state index contributed by atoms with van der Waals surface area (Å²) in [5, 5.41) is 4.39. The summed E-state index contributed by atoms with van der Waals surface area (Å²) in [5.74, 6) is 1.46. The van der Waals surface area contributed by atoms with Gasteiger partial charge in [0, 0.05) is 81.4 Å². The Balaban J connectivity index is 1.23. The van der Waals surface area contributed by atoms with Gasteiger partial charge in [-0.3, -0.25) is 9.58 Å².